The minimum atomic E-state index is -0.445. The number of amides is 1. The maximum atomic E-state index is 11.7. The number of halogens is 3. The van der Waals surface area contributed by atoms with Crippen LogP contribution in [0.3, 0.4) is 0 Å². The highest BCUT2D eigenvalue weighted by Gasteiger charge is 2.17. The fraction of sp³-hybridized carbons (Fsp3) is 0.500. The van der Waals surface area contributed by atoms with Gasteiger partial charge in [0, 0.05) is 22.5 Å². The van der Waals surface area contributed by atoms with Crippen molar-refractivity contribution >= 4 is 41.5 Å². The number of benzene rings is 1. The molecule has 0 saturated carbocycles. The van der Waals surface area contributed by atoms with E-state index in [9.17, 15) is 4.79 Å². The van der Waals surface area contributed by atoms with Crippen LogP contribution < -0.4 is 11.1 Å². The van der Waals surface area contributed by atoms with Crippen LogP contribution >= 0.6 is 35.6 Å². The summed E-state index contributed by atoms with van der Waals surface area (Å²) in [7, 11) is 0. The van der Waals surface area contributed by atoms with Crippen LogP contribution in [0.1, 0.15) is 38.2 Å². The lowest BCUT2D eigenvalue weighted by molar-refractivity contribution is -0.122. The van der Waals surface area contributed by atoms with E-state index < -0.39 is 6.04 Å². The Morgan fingerprint density at radius 1 is 1.35 bits per heavy atom. The standard InChI is InChI=1S/C14H20Cl2N2O.ClH/c1-3-5-12(17)14(19)18-8-9(2)13-10(15)6-4-7-11(13)16;/h4,6-7,9,12H,3,5,8,17H2,1-2H3,(H,18,19);1H. The second kappa shape index (κ2) is 9.46. The summed E-state index contributed by atoms with van der Waals surface area (Å²) in [6.07, 6.45) is 1.58. The van der Waals surface area contributed by atoms with E-state index in [0.717, 1.165) is 12.0 Å². The SMILES string of the molecule is CCCC(N)C(=O)NCC(C)c1c(Cl)cccc1Cl.Cl. The first-order valence-corrected chi connectivity index (χ1v) is 7.20. The molecule has 20 heavy (non-hydrogen) atoms. The molecule has 3 N–H and O–H groups in total. The third-order valence-electron chi connectivity index (χ3n) is 3.01. The molecule has 6 heteroatoms. The molecule has 1 aromatic rings. The van der Waals surface area contributed by atoms with Crippen molar-refractivity contribution in [3.8, 4) is 0 Å². The summed E-state index contributed by atoms with van der Waals surface area (Å²) < 4.78 is 0. The molecule has 0 aromatic heterocycles. The summed E-state index contributed by atoms with van der Waals surface area (Å²) in [5, 5.41) is 4.07. The lowest BCUT2D eigenvalue weighted by Gasteiger charge is -2.17. The van der Waals surface area contributed by atoms with Gasteiger partial charge in [0.15, 0.2) is 0 Å². The van der Waals surface area contributed by atoms with Crippen LogP contribution in [0, 0.1) is 0 Å². The van der Waals surface area contributed by atoms with Crippen LogP contribution in [-0.2, 0) is 4.79 Å². The highest BCUT2D eigenvalue weighted by atomic mass is 35.5. The molecule has 114 valence electrons. The van der Waals surface area contributed by atoms with Crippen LogP contribution in [0.15, 0.2) is 18.2 Å². The number of rotatable bonds is 6. The van der Waals surface area contributed by atoms with Gasteiger partial charge in [0.05, 0.1) is 6.04 Å². The highest BCUT2D eigenvalue weighted by Crippen LogP contribution is 2.30. The Hall–Kier alpha value is -0.480. The number of nitrogens with one attached hydrogen (secondary N) is 1. The predicted octanol–water partition coefficient (Wildman–Crippen LogP) is 3.76. The van der Waals surface area contributed by atoms with Gasteiger partial charge in [-0.05, 0) is 24.1 Å². The van der Waals surface area contributed by atoms with E-state index in [1.807, 2.05) is 13.8 Å². The first kappa shape index (κ1) is 19.5. The van der Waals surface area contributed by atoms with Gasteiger partial charge >= 0.3 is 0 Å². The first-order chi connectivity index (χ1) is 8.97. The minimum absolute atomic E-state index is 0. The molecular formula is C14H21Cl3N2O. The van der Waals surface area contributed by atoms with Gasteiger partial charge in [-0.15, -0.1) is 12.4 Å². The second-order valence-corrected chi connectivity index (χ2v) is 5.49. The Morgan fingerprint density at radius 3 is 2.40 bits per heavy atom. The van der Waals surface area contributed by atoms with Gasteiger partial charge in [0.1, 0.15) is 0 Å². The lowest BCUT2D eigenvalue weighted by atomic mass is 10.0. The van der Waals surface area contributed by atoms with Gasteiger partial charge in [0.2, 0.25) is 5.91 Å². The number of carbonyl (C=O) groups is 1. The number of hydrogen-bond donors (Lipinski definition) is 2. The fourth-order valence-electron chi connectivity index (χ4n) is 1.91. The second-order valence-electron chi connectivity index (χ2n) is 4.68. The molecule has 0 spiro atoms. The van der Waals surface area contributed by atoms with Crippen LogP contribution in [-0.4, -0.2) is 18.5 Å². The van der Waals surface area contributed by atoms with E-state index in [0.29, 0.717) is 23.0 Å². The van der Waals surface area contributed by atoms with Crippen LogP contribution in [0.2, 0.25) is 10.0 Å². The molecule has 0 fully saturated rings. The number of hydrogen-bond acceptors (Lipinski definition) is 2. The monoisotopic (exact) mass is 338 g/mol. The Bertz CT molecular complexity index is 420. The number of nitrogens with two attached hydrogens (primary N) is 1. The molecule has 0 heterocycles. The fourth-order valence-corrected chi connectivity index (χ4v) is 2.68. The van der Waals surface area contributed by atoms with Crippen molar-refractivity contribution in [2.45, 2.75) is 38.6 Å². The molecule has 0 aliphatic carbocycles. The smallest absolute Gasteiger partial charge is 0.236 e. The van der Waals surface area contributed by atoms with Gasteiger partial charge < -0.3 is 11.1 Å². The molecule has 0 radical (unpaired) electrons. The Balaban J connectivity index is 0.00000361. The summed E-state index contributed by atoms with van der Waals surface area (Å²) in [6.45, 7) is 4.44. The topological polar surface area (TPSA) is 55.1 Å². The maximum absolute atomic E-state index is 11.7. The van der Waals surface area contributed by atoms with E-state index in [4.69, 9.17) is 28.9 Å². The lowest BCUT2D eigenvalue weighted by Crippen LogP contribution is -2.41. The molecule has 1 rings (SSSR count). The first-order valence-electron chi connectivity index (χ1n) is 6.44. The molecule has 1 aromatic carbocycles. The zero-order valence-electron chi connectivity index (χ0n) is 11.7. The van der Waals surface area contributed by atoms with Crippen LogP contribution in [0.25, 0.3) is 0 Å². The van der Waals surface area contributed by atoms with Crippen molar-refractivity contribution in [1.82, 2.24) is 5.32 Å². The normalized spacial score (nSPS) is 13.2. The van der Waals surface area contributed by atoms with Crippen LogP contribution in [0.5, 0.6) is 0 Å². The van der Waals surface area contributed by atoms with E-state index in [-0.39, 0.29) is 24.2 Å². The Morgan fingerprint density at radius 2 is 1.90 bits per heavy atom. The third kappa shape index (κ3) is 5.49. The van der Waals surface area contributed by atoms with Gasteiger partial charge in [-0.1, -0.05) is 49.5 Å². The maximum Gasteiger partial charge on any atom is 0.236 e. The van der Waals surface area contributed by atoms with Crippen molar-refractivity contribution in [2.75, 3.05) is 6.54 Å². The van der Waals surface area contributed by atoms with Gasteiger partial charge in [-0.2, -0.15) is 0 Å². The average Bonchev–Trinajstić information content (AvgIpc) is 2.36. The van der Waals surface area contributed by atoms with Crippen LogP contribution in [0.4, 0.5) is 0 Å². The molecule has 1 amide bonds. The molecule has 3 nitrogen and oxygen atoms in total. The summed E-state index contributed by atoms with van der Waals surface area (Å²) in [5.41, 5.74) is 6.60. The van der Waals surface area contributed by atoms with E-state index in [2.05, 4.69) is 5.32 Å². The molecule has 0 saturated heterocycles. The zero-order valence-corrected chi connectivity index (χ0v) is 14.0. The molecule has 0 aliphatic rings. The van der Waals surface area contributed by atoms with Gasteiger partial charge in [-0.25, -0.2) is 0 Å². The minimum Gasteiger partial charge on any atom is -0.354 e. The average molecular weight is 340 g/mol. The molecule has 2 atom stereocenters. The van der Waals surface area contributed by atoms with Crippen molar-refractivity contribution in [2.24, 2.45) is 5.73 Å². The van der Waals surface area contributed by atoms with Crippen molar-refractivity contribution in [3.05, 3.63) is 33.8 Å². The largest absolute Gasteiger partial charge is 0.354 e. The third-order valence-corrected chi connectivity index (χ3v) is 3.67. The number of carbonyl (C=O) groups excluding carboxylic acids is 1. The zero-order chi connectivity index (χ0) is 14.4. The summed E-state index contributed by atoms with van der Waals surface area (Å²) >= 11 is 12.3. The molecule has 0 aliphatic heterocycles. The van der Waals surface area contributed by atoms with Crippen molar-refractivity contribution in [3.63, 3.8) is 0 Å². The summed E-state index contributed by atoms with van der Waals surface area (Å²) in [5.74, 6) is -0.0872. The quantitative estimate of drug-likeness (QED) is 0.829. The van der Waals surface area contributed by atoms with Gasteiger partial charge in [-0.3, -0.25) is 4.79 Å². The van der Waals surface area contributed by atoms with E-state index >= 15 is 0 Å². The molecule has 0 bridgehead atoms. The summed E-state index contributed by atoms with van der Waals surface area (Å²) in [6, 6.07) is 4.95. The molecule has 2 unspecified atom stereocenters. The van der Waals surface area contributed by atoms with Crippen molar-refractivity contribution in [1.29, 1.82) is 0 Å². The Kier molecular flexibility index (Phi) is 9.23. The van der Waals surface area contributed by atoms with Crippen molar-refractivity contribution < 1.29 is 4.79 Å². The van der Waals surface area contributed by atoms with E-state index in [1.54, 1.807) is 18.2 Å². The van der Waals surface area contributed by atoms with Gasteiger partial charge in [0.25, 0.3) is 0 Å². The predicted molar refractivity (Wildman–Crippen MR) is 88.0 cm³/mol. The highest BCUT2D eigenvalue weighted by molar-refractivity contribution is 6.36. The molecular weight excluding hydrogens is 319 g/mol. The Labute approximate surface area is 136 Å². The summed E-state index contributed by atoms with van der Waals surface area (Å²) in [4.78, 5) is 11.7. The van der Waals surface area contributed by atoms with E-state index in [1.165, 1.54) is 0 Å².